The van der Waals surface area contributed by atoms with E-state index in [1.54, 1.807) is 26.8 Å². The molecule has 0 aliphatic heterocycles. The molecule has 0 atom stereocenters. The van der Waals surface area contributed by atoms with Gasteiger partial charge in [-0.05, 0) is 23.8 Å². The Morgan fingerprint density at radius 1 is 1.15 bits per heavy atom. The molecule has 3 aromatic rings. The predicted octanol–water partition coefficient (Wildman–Crippen LogP) is 4.03. The summed E-state index contributed by atoms with van der Waals surface area (Å²) in [6, 6.07) is 6.43. The van der Waals surface area contributed by atoms with Crippen molar-refractivity contribution in [3.8, 4) is 11.1 Å². The van der Waals surface area contributed by atoms with Gasteiger partial charge < -0.3 is 0 Å². The largest absolute Gasteiger partial charge is 0.416 e. The second-order valence-corrected chi connectivity index (χ2v) is 7.36. The minimum Gasteiger partial charge on any atom is -0.297 e. The lowest BCUT2D eigenvalue weighted by Crippen LogP contribution is -2.29. The van der Waals surface area contributed by atoms with E-state index in [1.165, 1.54) is 22.9 Å². The van der Waals surface area contributed by atoms with Gasteiger partial charge in [0.15, 0.2) is 11.4 Å². The Labute approximate surface area is 152 Å². The van der Waals surface area contributed by atoms with E-state index in [4.69, 9.17) is 0 Å². The molecule has 142 valence electrons. The number of aromatic nitrogens is 3. The summed E-state index contributed by atoms with van der Waals surface area (Å²) in [5.74, 6) is -0.144. The highest BCUT2D eigenvalue weighted by Crippen LogP contribution is 2.32. The van der Waals surface area contributed by atoms with Crippen molar-refractivity contribution in [1.82, 2.24) is 14.5 Å². The number of Topliss-reactive ketones (excluding diaryl/α,β-unsaturated/α-hetero) is 1. The zero-order valence-corrected chi connectivity index (χ0v) is 15.0. The molecule has 0 unspecified atom stereocenters. The minimum atomic E-state index is -4.46. The summed E-state index contributed by atoms with van der Waals surface area (Å²) in [6.07, 6.45) is -3.06. The molecule has 1 N–H and O–H groups in total. The number of hydrogen-bond acceptors (Lipinski definition) is 3. The Balaban J connectivity index is 2.09. The van der Waals surface area contributed by atoms with Gasteiger partial charge in [0, 0.05) is 17.2 Å². The third kappa shape index (κ3) is 3.79. The third-order valence-corrected chi connectivity index (χ3v) is 4.29. The first-order valence-electron chi connectivity index (χ1n) is 8.26. The summed E-state index contributed by atoms with van der Waals surface area (Å²) in [6.45, 7) is 5.11. The number of hydrogen-bond donors (Lipinski definition) is 1. The fourth-order valence-corrected chi connectivity index (χ4v) is 2.60. The maximum absolute atomic E-state index is 13.0. The number of pyridine rings is 1. The van der Waals surface area contributed by atoms with Crippen LogP contribution in [0.15, 0.2) is 41.3 Å². The fourth-order valence-electron chi connectivity index (χ4n) is 2.60. The van der Waals surface area contributed by atoms with Crippen LogP contribution in [0.1, 0.15) is 26.3 Å². The minimum absolute atomic E-state index is 0.143. The highest BCUT2D eigenvalue weighted by atomic mass is 19.4. The van der Waals surface area contributed by atoms with E-state index in [0.29, 0.717) is 16.6 Å². The lowest BCUT2D eigenvalue weighted by molar-refractivity contribution is -0.137. The number of H-pyrrole nitrogens is 1. The molecule has 0 aliphatic rings. The number of halogens is 3. The Bertz CT molecular complexity index is 1070. The van der Waals surface area contributed by atoms with E-state index in [0.717, 1.165) is 12.1 Å². The quantitative estimate of drug-likeness (QED) is 0.749. The first-order valence-corrected chi connectivity index (χ1v) is 8.26. The number of alkyl halides is 3. The molecule has 0 fully saturated rings. The van der Waals surface area contributed by atoms with Crippen molar-refractivity contribution >= 4 is 16.9 Å². The normalized spacial score (nSPS) is 12.5. The van der Waals surface area contributed by atoms with Crippen LogP contribution >= 0.6 is 0 Å². The standard InChI is InChI=1S/C19H18F3N3O2/c1-18(2,3)15(26)10-25-14-8-12(9-23-16(14)24-17(25)27)11-5-4-6-13(7-11)19(20,21)22/h4-9H,10H2,1-3H3,(H,23,24,27). The summed E-state index contributed by atoms with van der Waals surface area (Å²) < 4.78 is 40.1. The van der Waals surface area contributed by atoms with E-state index >= 15 is 0 Å². The number of rotatable bonds is 3. The van der Waals surface area contributed by atoms with Crippen LogP contribution in [-0.2, 0) is 17.5 Å². The predicted molar refractivity (Wildman–Crippen MR) is 95.3 cm³/mol. The number of carbonyl (C=O) groups excluding carboxylic acids is 1. The number of imidazole rings is 1. The van der Waals surface area contributed by atoms with Crippen LogP contribution < -0.4 is 5.69 Å². The van der Waals surface area contributed by atoms with Gasteiger partial charge in [0.2, 0.25) is 0 Å². The number of fused-ring (bicyclic) bond motifs is 1. The molecule has 2 aromatic heterocycles. The Hall–Kier alpha value is -2.90. The monoisotopic (exact) mass is 377 g/mol. The van der Waals surface area contributed by atoms with E-state index in [2.05, 4.69) is 9.97 Å². The highest BCUT2D eigenvalue weighted by Gasteiger charge is 2.30. The van der Waals surface area contributed by atoms with Crippen molar-refractivity contribution in [1.29, 1.82) is 0 Å². The van der Waals surface area contributed by atoms with Gasteiger partial charge in [-0.2, -0.15) is 13.2 Å². The van der Waals surface area contributed by atoms with Crippen LogP contribution in [0.5, 0.6) is 0 Å². The van der Waals surface area contributed by atoms with Gasteiger partial charge >= 0.3 is 11.9 Å². The number of benzene rings is 1. The topological polar surface area (TPSA) is 67.8 Å². The number of nitrogens with zero attached hydrogens (tertiary/aromatic N) is 2. The van der Waals surface area contributed by atoms with Crippen molar-refractivity contribution in [3.05, 3.63) is 52.6 Å². The van der Waals surface area contributed by atoms with Crippen LogP contribution in [0.25, 0.3) is 22.3 Å². The van der Waals surface area contributed by atoms with Gasteiger partial charge in [-0.1, -0.05) is 32.9 Å². The van der Waals surface area contributed by atoms with Crippen molar-refractivity contribution in [3.63, 3.8) is 0 Å². The summed E-state index contributed by atoms with van der Waals surface area (Å²) in [4.78, 5) is 31.2. The van der Waals surface area contributed by atoms with E-state index in [9.17, 15) is 22.8 Å². The number of aromatic amines is 1. The number of carbonyl (C=O) groups is 1. The molecule has 0 saturated heterocycles. The van der Waals surface area contributed by atoms with Crippen LogP contribution in [0, 0.1) is 5.41 Å². The van der Waals surface area contributed by atoms with Gasteiger partial charge in [0.05, 0.1) is 17.6 Å². The van der Waals surface area contributed by atoms with Crippen LogP contribution in [0.2, 0.25) is 0 Å². The van der Waals surface area contributed by atoms with Crippen molar-refractivity contribution in [2.45, 2.75) is 33.5 Å². The van der Waals surface area contributed by atoms with Crippen LogP contribution in [-0.4, -0.2) is 20.3 Å². The van der Waals surface area contributed by atoms with E-state index in [1.807, 2.05) is 0 Å². The molecule has 0 aliphatic carbocycles. The molecule has 0 radical (unpaired) electrons. The van der Waals surface area contributed by atoms with E-state index < -0.39 is 22.8 Å². The molecule has 3 rings (SSSR count). The molecule has 8 heteroatoms. The molecule has 2 heterocycles. The summed E-state index contributed by atoms with van der Waals surface area (Å²) in [7, 11) is 0. The van der Waals surface area contributed by atoms with Gasteiger partial charge in [0.25, 0.3) is 0 Å². The maximum atomic E-state index is 13.0. The first kappa shape index (κ1) is 18.9. The van der Waals surface area contributed by atoms with Gasteiger partial charge in [-0.25, -0.2) is 9.78 Å². The molecule has 0 saturated carbocycles. The number of ketones is 1. The van der Waals surface area contributed by atoms with Crippen molar-refractivity contribution < 1.29 is 18.0 Å². The zero-order valence-electron chi connectivity index (χ0n) is 15.0. The Kier molecular flexibility index (Phi) is 4.45. The summed E-state index contributed by atoms with van der Waals surface area (Å²) >= 11 is 0. The smallest absolute Gasteiger partial charge is 0.297 e. The lowest BCUT2D eigenvalue weighted by Gasteiger charge is -2.16. The van der Waals surface area contributed by atoms with Gasteiger partial charge in [0.1, 0.15) is 0 Å². The Morgan fingerprint density at radius 2 is 1.85 bits per heavy atom. The summed E-state index contributed by atoms with van der Waals surface area (Å²) in [5.41, 5.74) is -0.503. The average molecular weight is 377 g/mol. The fraction of sp³-hybridized carbons (Fsp3) is 0.316. The molecule has 27 heavy (non-hydrogen) atoms. The molecule has 0 amide bonds. The third-order valence-electron chi connectivity index (χ3n) is 4.29. The van der Waals surface area contributed by atoms with Gasteiger partial charge in [-0.15, -0.1) is 0 Å². The molecule has 5 nitrogen and oxygen atoms in total. The van der Waals surface area contributed by atoms with Crippen LogP contribution in [0.4, 0.5) is 13.2 Å². The SMILES string of the molecule is CC(C)(C)C(=O)Cn1c(=O)[nH]c2ncc(-c3cccc(C(F)(F)F)c3)cc21. The molecular weight excluding hydrogens is 359 g/mol. The lowest BCUT2D eigenvalue weighted by atomic mass is 9.91. The zero-order chi connectivity index (χ0) is 20.0. The second-order valence-electron chi connectivity index (χ2n) is 7.36. The van der Waals surface area contributed by atoms with Crippen LogP contribution in [0.3, 0.4) is 0 Å². The second kappa shape index (κ2) is 6.37. The molecule has 0 spiro atoms. The average Bonchev–Trinajstić information content (AvgIpc) is 2.88. The number of nitrogens with one attached hydrogen (secondary N) is 1. The Morgan fingerprint density at radius 3 is 2.48 bits per heavy atom. The van der Waals surface area contributed by atoms with Crippen molar-refractivity contribution in [2.24, 2.45) is 5.41 Å². The van der Waals surface area contributed by atoms with E-state index in [-0.39, 0.29) is 18.0 Å². The van der Waals surface area contributed by atoms with Gasteiger partial charge in [-0.3, -0.25) is 14.3 Å². The molecular formula is C19H18F3N3O2. The first-order chi connectivity index (χ1) is 12.5. The maximum Gasteiger partial charge on any atom is 0.416 e. The highest BCUT2D eigenvalue weighted by molar-refractivity contribution is 5.86. The molecule has 1 aromatic carbocycles. The van der Waals surface area contributed by atoms with Crippen molar-refractivity contribution in [2.75, 3.05) is 0 Å². The molecule has 0 bridgehead atoms. The summed E-state index contributed by atoms with van der Waals surface area (Å²) in [5, 5.41) is 0.